The molecule has 0 bridgehead atoms. The molecule has 5 nitrogen and oxygen atoms in total. The van der Waals surface area contributed by atoms with Gasteiger partial charge in [-0.1, -0.05) is 11.2 Å². The van der Waals surface area contributed by atoms with E-state index in [4.69, 9.17) is 9.78 Å². The van der Waals surface area contributed by atoms with E-state index in [-0.39, 0.29) is 23.7 Å². The molecule has 7 heteroatoms. The summed E-state index contributed by atoms with van der Waals surface area (Å²) >= 11 is 0. The Morgan fingerprint density at radius 2 is 2.14 bits per heavy atom. The van der Waals surface area contributed by atoms with Gasteiger partial charge in [-0.25, -0.2) is 8.78 Å². The molecule has 104 valence electrons. The highest BCUT2D eigenvalue weighted by molar-refractivity contribution is 5.51. The average Bonchev–Trinajstić information content (AvgIpc) is 3.10. The summed E-state index contributed by atoms with van der Waals surface area (Å²) in [5, 5.41) is 12.5. The van der Waals surface area contributed by atoms with Crippen molar-refractivity contribution in [3.05, 3.63) is 59.0 Å². The lowest BCUT2D eigenvalue weighted by Crippen LogP contribution is -1.95. The Labute approximate surface area is 117 Å². The molecule has 0 amide bonds. The highest BCUT2D eigenvalue weighted by Gasteiger charge is 2.13. The zero-order valence-electron chi connectivity index (χ0n) is 10.6. The van der Waals surface area contributed by atoms with Crippen LogP contribution in [0.15, 0.2) is 35.0 Å². The predicted molar refractivity (Wildman–Crippen MR) is 68.0 cm³/mol. The third-order valence-corrected chi connectivity index (χ3v) is 2.87. The van der Waals surface area contributed by atoms with E-state index in [1.807, 2.05) is 6.07 Å². The van der Waals surface area contributed by atoms with Gasteiger partial charge in [0.2, 0.25) is 0 Å². The maximum Gasteiger partial charge on any atom is 0.274 e. The summed E-state index contributed by atoms with van der Waals surface area (Å²) in [5.41, 5.74) is 1.21. The number of hydrogen-bond donors (Lipinski definition) is 1. The Bertz CT molecular complexity index is 832. The fourth-order valence-corrected chi connectivity index (χ4v) is 1.85. The fourth-order valence-electron chi connectivity index (χ4n) is 1.85. The van der Waals surface area contributed by atoms with Crippen molar-refractivity contribution in [3.63, 3.8) is 0 Å². The number of hydrogen-bond acceptors (Lipinski definition) is 4. The van der Waals surface area contributed by atoms with Gasteiger partial charge < -0.3 is 9.51 Å². The quantitative estimate of drug-likeness (QED) is 0.803. The third-order valence-electron chi connectivity index (χ3n) is 2.87. The first-order chi connectivity index (χ1) is 10.2. The van der Waals surface area contributed by atoms with Crippen molar-refractivity contribution in [3.8, 4) is 17.7 Å². The average molecular weight is 286 g/mol. The minimum atomic E-state index is -0.659. The van der Waals surface area contributed by atoms with Crippen molar-refractivity contribution in [2.24, 2.45) is 0 Å². The number of nitriles is 1. The van der Waals surface area contributed by atoms with Crippen LogP contribution in [0.3, 0.4) is 0 Å². The number of aromatic amines is 1. The van der Waals surface area contributed by atoms with E-state index in [2.05, 4.69) is 15.1 Å². The van der Waals surface area contributed by atoms with Crippen LogP contribution in [-0.2, 0) is 6.42 Å². The highest BCUT2D eigenvalue weighted by atomic mass is 19.1. The summed E-state index contributed by atoms with van der Waals surface area (Å²) in [7, 11) is 0. The van der Waals surface area contributed by atoms with Gasteiger partial charge in [-0.3, -0.25) is 0 Å². The van der Waals surface area contributed by atoms with E-state index in [0.29, 0.717) is 11.3 Å². The number of rotatable bonds is 3. The normalized spacial score (nSPS) is 10.5. The first kappa shape index (κ1) is 13.0. The standard InChI is InChI=1S/C14H8F2N4O/c15-10-2-1-9(11(16)5-10)4-13-19-14(21-20-13)12-3-8(6-17)7-18-12/h1-3,5,7,18H,4H2. The van der Waals surface area contributed by atoms with Gasteiger partial charge >= 0.3 is 0 Å². The molecule has 0 aliphatic carbocycles. The zero-order chi connectivity index (χ0) is 14.8. The summed E-state index contributed by atoms with van der Waals surface area (Å²) in [6, 6.07) is 6.85. The largest absolute Gasteiger partial charge is 0.356 e. The van der Waals surface area contributed by atoms with Crippen molar-refractivity contribution in [2.75, 3.05) is 0 Å². The molecule has 0 aliphatic heterocycles. The first-order valence-electron chi connectivity index (χ1n) is 6.01. The Hall–Kier alpha value is -3.01. The molecule has 1 N–H and O–H groups in total. The lowest BCUT2D eigenvalue weighted by atomic mass is 10.1. The number of H-pyrrole nitrogens is 1. The smallest absolute Gasteiger partial charge is 0.274 e. The second-order valence-electron chi connectivity index (χ2n) is 4.34. The minimum absolute atomic E-state index is 0.0848. The van der Waals surface area contributed by atoms with Crippen molar-refractivity contribution >= 4 is 0 Å². The van der Waals surface area contributed by atoms with Crippen molar-refractivity contribution in [1.82, 2.24) is 15.1 Å². The molecule has 3 rings (SSSR count). The van der Waals surface area contributed by atoms with Crippen LogP contribution in [-0.4, -0.2) is 15.1 Å². The summed E-state index contributed by atoms with van der Waals surface area (Å²) < 4.78 is 31.4. The molecule has 0 atom stereocenters. The number of benzene rings is 1. The van der Waals surface area contributed by atoms with E-state index < -0.39 is 11.6 Å². The number of halogens is 2. The molecular weight excluding hydrogens is 278 g/mol. The SMILES string of the molecule is N#Cc1c[nH]c(-c2nc(Cc3ccc(F)cc3F)no2)c1. The molecule has 0 saturated heterocycles. The summed E-state index contributed by atoms with van der Waals surface area (Å²) in [4.78, 5) is 6.93. The molecular formula is C14H8F2N4O. The minimum Gasteiger partial charge on any atom is -0.356 e. The predicted octanol–water partition coefficient (Wildman–Crippen LogP) is 2.81. The molecule has 2 heterocycles. The molecule has 21 heavy (non-hydrogen) atoms. The van der Waals surface area contributed by atoms with E-state index >= 15 is 0 Å². The van der Waals surface area contributed by atoms with Gasteiger partial charge in [0.1, 0.15) is 23.4 Å². The second kappa shape index (κ2) is 5.17. The lowest BCUT2D eigenvalue weighted by Gasteiger charge is -1.98. The van der Waals surface area contributed by atoms with Crippen molar-refractivity contribution in [2.45, 2.75) is 6.42 Å². The summed E-state index contributed by atoms with van der Waals surface area (Å²) in [5.74, 6) is -0.828. The summed E-state index contributed by atoms with van der Waals surface area (Å²) in [6.45, 7) is 0. The topological polar surface area (TPSA) is 78.5 Å². The number of aromatic nitrogens is 3. The first-order valence-corrected chi connectivity index (χ1v) is 6.01. The monoisotopic (exact) mass is 286 g/mol. The molecule has 3 aromatic rings. The Kier molecular flexibility index (Phi) is 3.20. The Morgan fingerprint density at radius 1 is 1.29 bits per heavy atom. The van der Waals surface area contributed by atoms with Gasteiger partial charge in [0.15, 0.2) is 5.82 Å². The van der Waals surface area contributed by atoms with Gasteiger partial charge in [-0.05, 0) is 17.7 Å². The van der Waals surface area contributed by atoms with E-state index in [1.54, 1.807) is 6.07 Å². The maximum absolute atomic E-state index is 13.5. The highest BCUT2D eigenvalue weighted by Crippen LogP contribution is 2.18. The van der Waals surface area contributed by atoms with Crippen LogP contribution in [0.25, 0.3) is 11.6 Å². The molecule has 0 saturated carbocycles. The molecule has 0 spiro atoms. The summed E-state index contributed by atoms with van der Waals surface area (Å²) in [6.07, 6.45) is 1.60. The van der Waals surface area contributed by atoms with Crippen LogP contribution in [0, 0.1) is 23.0 Å². The van der Waals surface area contributed by atoms with Crippen LogP contribution in [0.2, 0.25) is 0 Å². The zero-order valence-corrected chi connectivity index (χ0v) is 10.6. The molecule has 1 aromatic carbocycles. The van der Waals surface area contributed by atoms with E-state index in [0.717, 1.165) is 6.07 Å². The number of nitrogens with one attached hydrogen (secondary N) is 1. The molecule has 0 unspecified atom stereocenters. The van der Waals surface area contributed by atoms with Crippen LogP contribution >= 0.6 is 0 Å². The van der Waals surface area contributed by atoms with E-state index in [9.17, 15) is 8.78 Å². The van der Waals surface area contributed by atoms with Gasteiger partial charge in [0, 0.05) is 18.7 Å². The molecule has 0 aliphatic rings. The fraction of sp³-hybridized carbons (Fsp3) is 0.0714. The lowest BCUT2D eigenvalue weighted by molar-refractivity contribution is 0.422. The Morgan fingerprint density at radius 3 is 2.86 bits per heavy atom. The van der Waals surface area contributed by atoms with Gasteiger partial charge in [-0.2, -0.15) is 10.2 Å². The Balaban J connectivity index is 1.83. The van der Waals surface area contributed by atoms with Crippen LogP contribution in [0.4, 0.5) is 8.78 Å². The van der Waals surface area contributed by atoms with Gasteiger partial charge in [0.25, 0.3) is 5.89 Å². The van der Waals surface area contributed by atoms with Crippen LogP contribution in [0.5, 0.6) is 0 Å². The number of nitrogens with zero attached hydrogens (tertiary/aromatic N) is 3. The molecule has 0 radical (unpaired) electrons. The third kappa shape index (κ3) is 2.65. The van der Waals surface area contributed by atoms with Crippen molar-refractivity contribution in [1.29, 1.82) is 5.26 Å². The van der Waals surface area contributed by atoms with E-state index in [1.165, 1.54) is 18.3 Å². The van der Waals surface area contributed by atoms with Crippen LogP contribution < -0.4 is 0 Å². The van der Waals surface area contributed by atoms with Crippen LogP contribution in [0.1, 0.15) is 17.0 Å². The molecule has 0 fully saturated rings. The molecule has 2 aromatic heterocycles. The van der Waals surface area contributed by atoms with Crippen molar-refractivity contribution < 1.29 is 13.3 Å². The second-order valence-corrected chi connectivity index (χ2v) is 4.34. The maximum atomic E-state index is 13.5. The van der Waals surface area contributed by atoms with Gasteiger partial charge in [-0.15, -0.1) is 0 Å². The van der Waals surface area contributed by atoms with Gasteiger partial charge in [0.05, 0.1) is 5.56 Å².